The highest BCUT2D eigenvalue weighted by Crippen LogP contribution is 2.22. The Morgan fingerprint density at radius 1 is 1.14 bits per heavy atom. The number of benzene rings is 1. The molecule has 0 spiro atoms. The van der Waals surface area contributed by atoms with Gasteiger partial charge in [-0.05, 0) is 38.3 Å². The number of amides is 2. The van der Waals surface area contributed by atoms with Gasteiger partial charge in [0, 0.05) is 19.3 Å². The van der Waals surface area contributed by atoms with Crippen LogP contribution in [0.4, 0.5) is 5.69 Å². The fraction of sp³-hybridized carbons (Fsp3) is 0.529. The SMILES string of the molecule is CCCCN(C)C(=O)CC(=O)Nc1c(C)cc(C)cc1C. The van der Waals surface area contributed by atoms with Crippen molar-refractivity contribution in [3.8, 4) is 0 Å². The van der Waals surface area contributed by atoms with Crippen LogP contribution in [0.25, 0.3) is 0 Å². The van der Waals surface area contributed by atoms with Crippen molar-refractivity contribution in [2.45, 2.75) is 47.0 Å². The predicted octanol–water partition coefficient (Wildman–Crippen LogP) is 3.20. The van der Waals surface area contributed by atoms with Gasteiger partial charge in [0.2, 0.25) is 11.8 Å². The normalized spacial score (nSPS) is 10.3. The van der Waals surface area contributed by atoms with Crippen molar-refractivity contribution in [2.75, 3.05) is 18.9 Å². The van der Waals surface area contributed by atoms with Crippen molar-refractivity contribution >= 4 is 17.5 Å². The molecule has 21 heavy (non-hydrogen) atoms. The lowest BCUT2D eigenvalue weighted by Crippen LogP contribution is -2.31. The zero-order valence-electron chi connectivity index (χ0n) is 13.7. The highest BCUT2D eigenvalue weighted by molar-refractivity contribution is 6.04. The van der Waals surface area contributed by atoms with Gasteiger partial charge in [0.15, 0.2) is 0 Å². The maximum atomic E-state index is 12.0. The number of nitrogens with one attached hydrogen (secondary N) is 1. The summed E-state index contributed by atoms with van der Waals surface area (Å²) in [5.41, 5.74) is 4.02. The van der Waals surface area contributed by atoms with Crippen LogP contribution in [-0.2, 0) is 9.59 Å². The Balaban J connectivity index is 2.64. The first kappa shape index (κ1) is 17.2. The maximum absolute atomic E-state index is 12.0. The second-order valence-corrected chi connectivity index (χ2v) is 5.67. The third-order valence-electron chi connectivity index (χ3n) is 3.53. The van der Waals surface area contributed by atoms with Crippen LogP contribution in [0.5, 0.6) is 0 Å². The summed E-state index contributed by atoms with van der Waals surface area (Å²) in [6.45, 7) is 8.73. The summed E-state index contributed by atoms with van der Waals surface area (Å²) in [7, 11) is 1.74. The summed E-state index contributed by atoms with van der Waals surface area (Å²) in [6.07, 6.45) is 1.89. The molecule has 0 aromatic heterocycles. The van der Waals surface area contributed by atoms with Crippen molar-refractivity contribution in [1.29, 1.82) is 0 Å². The van der Waals surface area contributed by atoms with Crippen LogP contribution in [0.1, 0.15) is 42.9 Å². The minimum absolute atomic E-state index is 0.104. The van der Waals surface area contributed by atoms with Crippen molar-refractivity contribution < 1.29 is 9.59 Å². The first-order chi connectivity index (χ1) is 9.85. The number of anilines is 1. The van der Waals surface area contributed by atoms with Crippen molar-refractivity contribution in [3.05, 3.63) is 28.8 Å². The van der Waals surface area contributed by atoms with Gasteiger partial charge in [0.1, 0.15) is 6.42 Å². The first-order valence-electron chi connectivity index (χ1n) is 7.46. The van der Waals surface area contributed by atoms with Gasteiger partial charge in [-0.3, -0.25) is 9.59 Å². The van der Waals surface area contributed by atoms with E-state index in [1.807, 2.05) is 32.9 Å². The molecular formula is C17H26N2O2. The zero-order valence-corrected chi connectivity index (χ0v) is 13.7. The molecule has 0 atom stereocenters. The summed E-state index contributed by atoms with van der Waals surface area (Å²) in [5, 5.41) is 2.86. The van der Waals surface area contributed by atoms with Gasteiger partial charge in [0.05, 0.1) is 0 Å². The van der Waals surface area contributed by atoms with E-state index in [1.54, 1.807) is 11.9 Å². The monoisotopic (exact) mass is 290 g/mol. The minimum Gasteiger partial charge on any atom is -0.345 e. The molecule has 0 unspecified atom stereocenters. The Bertz CT molecular complexity index is 501. The van der Waals surface area contributed by atoms with E-state index in [0.29, 0.717) is 6.54 Å². The average molecular weight is 290 g/mol. The molecule has 1 aromatic rings. The summed E-state index contributed by atoms with van der Waals surface area (Å²) in [6, 6.07) is 4.05. The summed E-state index contributed by atoms with van der Waals surface area (Å²) >= 11 is 0. The van der Waals surface area contributed by atoms with Gasteiger partial charge in [-0.15, -0.1) is 0 Å². The van der Waals surface area contributed by atoms with E-state index in [2.05, 4.69) is 12.2 Å². The zero-order chi connectivity index (χ0) is 16.0. The van der Waals surface area contributed by atoms with Crippen LogP contribution in [0.2, 0.25) is 0 Å². The second kappa shape index (κ2) is 7.81. The van der Waals surface area contributed by atoms with Crippen LogP contribution in [0, 0.1) is 20.8 Å². The fourth-order valence-electron chi connectivity index (χ4n) is 2.35. The molecule has 0 aliphatic carbocycles. The molecule has 2 amide bonds. The minimum atomic E-state index is -0.251. The lowest BCUT2D eigenvalue weighted by atomic mass is 10.0. The molecule has 0 radical (unpaired) electrons. The van der Waals surface area contributed by atoms with Gasteiger partial charge in [0.25, 0.3) is 0 Å². The number of hydrogen-bond acceptors (Lipinski definition) is 2. The second-order valence-electron chi connectivity index (χ2n) is 5.67. The summed E-state index contributed by atoms with van der Waals surface area (Å²) in [5.74, 6) is -0.387. The number of nitrogens with zero attached hydrogens (tertiary/aromatic N) is 1. The molecule has 116 valence electrons. The number of carbonyl (C=O) groups excluding carboxylic acids is 2. The molecule has 1 rings (SSSR count). The quantitative estimate of drug-likeness (QED) is 0.818. The van der Waals surface area contributed by atoms with Crippen molar-refractivity contribution in [1.82, 2.24) is 4.90 Å². The smallest absolute Gasteiger partial charge is 0.233 e. The van der Waals surface area contributed by atoms with Crippen LogP contribution in [0.15, 0.2) is 12.1 Å². The molecule has 0 aliphatic rings. The first-order valence-corrected chi connectivity index (χ1v) is 7.46. The van der Waals surface area contributed by atoms with Gasteiger partial charge in [-0.25, -0.2) is 0 Å². The molecule has 0 heterocycles. The van der Waals surface area contributed by atoms with E-state index >= 15 is 0 Å². The molecule has 0 saturated carbocycles. The third-order valence-corrected chi connectivity index (χ3v) is 3.53. The van der Waals surface area contributed by atoms with E-state index in [-0.39, 0.29) is 18.2 Å². The maximum Gasteiger partial charge on any atom is 0.233 e. The Labute approximate surface area is 127 Å². The van der Waals surface area contributed by atoms with Gasteiger partial charge in [-0.2, -0.15) is 0 Å². The molecule has 0 fully saturated rings. The lowest BCUT2D eigenvalue weighted by molar-refractivity contribution is -0.133. The Morgan fingerprint density at radius 3 is 2.24 bits per heavy atom. The number of unbranched alkanes of at least 4 members (excludes halogenated alkanes) is 1. The topological polar surface area (TPSA) is 49.4 Å². The molecule has 0 saturated heterocycles. The van der Waals surface area contributed by atoms with E-state index < -0.39 is 0 Å². The third kappa shape index (κ3) is 5.21. The highest BCUT2D eigenvalue weighted by atomic mass is 16.2. The number of rotatable bonds is 6. The standard InChI is InChI=1S/C17H26N2O2/c1-6-7-8-19(5)16(21)11-15(20)18-17-13(3)9-12(2)10-14(17)4/h9-10H,6-8,11H2,1-5H3,(H,18,20). The molecule has 1 aromatic carbocycles. The van der Waals surface area contributed by atoms with E-state index in [1.165, 1.54) is 5.56 Å². The van der Waals surface area contributed by atoms with Gasteiger partial charge >= 0.3 is 0 Å². The van der Waals surface area contributed by atoms with Crippen LogP contribution < -0.4 is 5.32 Å². The predicted molar refractivity (Wildman–Crippen MR) is 86.4 cm³/mol. The Hall–Kier alpha value is -1.84. The van der Waals surface area contributed by atoms with E-state index in [0.717, 1.165) is 29.7 Å². The number of hydrogen-bond donors (Lipinski definition) is 1. The highest BCUT2D eigenvalue weighted by Gasteiger charge is 2.15. The average Bonchev–Trinajstić information content (AvgIpc) is 2.39. The van der Waals surface area contributed by atoms with E-state index in [9.17, 15) is 9.59 Å². The summed E-state index contributed by atoms with van der Waals surface area (Å²) in [4.78, 5) is 25.6. The lowest BCUT2D eigenvalue weighted by Gasteiger charge is -2.17. The van der Waals surface area contributed by atoms with Crippen molar-refractivity contribution in [3.63, 3.8) is 0 Å². The van der Waals surface area contributed by atoms with Crippen molar-refractivity contribution in [2.24, 2.45) is 0 Å². The van der Waals surface area contributed by atoms with Crippen LogP contribution >= 0.6 is 0 Å². The Kier molecular flexibility index (Phi) is 6.40. The largest absolute Gasteiger partial charge is 0.345 e. The molecule has 4 heteroatoms. The number of carbonyl (C=O) groups is 2. The van der Waals surface area contributed by atoms with Crippen LogP contribution in [-0.4, -0.2) is 30.3 Å². The summed E-state index contributed by atoms with van der Waals surface area (Å²) < 4.78 is 0. The molecule has 0 aliphatic heterocycles. The molecule has 0 bridgehead atoms. The van der Waals surface area contributed by atoms with Gasteiger partial charge < -0.3 is 10.2 Å². The molecule has 1 N–H and O–H groups in total. The number of aryl methyl sites for hydroxylation is 3. The van der Waals surface area contributed by atoms with Crippen LogP contribution in [0.3, 0.4) is 0 Å². The van der Waals surface area contributed by atoms with E-state index in [4.69, 9.17) is 0 Å². The Morgan fingerprint density at radius 2 is 1.71 bits per heavy atom. The molecular weight excluding hydrogens is 264 g/mol. The molecule has 4 nitrogen and oxygen atoms in total. The fourth-order valence-corrected chi connectivity index (χ4v) is 2.35. The van der Waals surface area contributed by atoms with Gasteiger partial charge in [-0.1, -0.05) is 31.0 Å².